The number of aliphatic hydroxyl groups excluding tert-OH is 1. The molecule has 0 radical (unpaired) electrons. The molecule has 0 amide bonds. The first-order valence-electron chi connectivity index (χ1n) is 4.03. The molecule has 1 heterocycles. The zero-order valence-electron chi connectivity index (χ0n) is 7.32. The summed E-state index contributed by atoms with van der Waals surface area (Å²) >= 11 is 1.67. The second-order valence-electron chi connectivity index (χ2n) is 2.62. The summed E-state index contributed by atoms with van der Waals surface area (Å²) in [7, 11) is 0. The van der Waals surface area contributed by atoms with Gasteiger partial charge in [0.2, 0.25) is 0 Å². The minimum Gasteiger partial charge on any atom is -0.389 e. The zero-order valence-corrected chi connectivity index (χ0v) is 8.14. The van der Waals surface area contributed by atoms with Gasteiger partial charge in [0.15, 0.2) is 0 Å². The maximum Gasteiger partial charge on any atom is 0.116 e. The average Bonchev–Trinajstić information content (AvgIpc) is 2.48. The molecule has 1 aromatic rings. The van der Waals surface area contributed by atoms with E-state index in [0.717, 1.165) is 11.4 Å². The number of thiazole rings is 1. The van der Waals surface area contributed by atoms with E-state index >= 15 is 0 Å². The molecule has 0 fully saturated rings. The van der Waals surface area contributed by atoms with Crippen LogP contribution in [0, 0.1) is 0 Å². The molecular formula is C9H13NOS. The Morgan fingerprint density at radius 3 is 3.00 bits per heavy atom. The van der Waals surface area contributed by atoms with Gasteiger partial charge in [-0.25, -0.2) is 4.98 Å². The van der Waals surface area contributed by atoms with Crippen LogP contribution in [0.1, 0.15) is 23.7 Å². The van der Waals surface area contributed by atoms with Crippen molar-refractivity contribution in [1.29, 1.82) is 0 Å². The molecule has 0 aliphatic carbocycles. The highest BCUT2D eigenvalue weighted by Crippen LogP contribution is 2.14. The van der Waals surface area contributed by atoms with Crippen LogP contribution in [0.25, 0.3) is 6.08 Å². The summed E-state index contributed by atoms with van der Waals surface area (Å²) in [4.78, 5) is 5.46. The van der Waals surface area contributed by atoms with E-state index < -0.39 is 0 Å². The SMILES string of the molecule is CCc1cnc(/C=C/C(C)O)s1. The first-order valence-corrected chi connectivity index (χ1v) is 4.85. The Hall–Kier alpha value is -0.670. The molecule has 0 saturated carbocycles. The van der Waals surface area contributed by atoms with Gasteiger partial charge in [-0.3, -0.25) is 0 Å². The number of hydrogen-bond acceptors (Lipinski definition) is 3. The summed E-state index contributed by atoms with van der Waals surface area (Å²) in [5.41, 5.74) is 0. The molecule has 1 unspecified atom stereocenters. The van der Waals surface area contributed by atoms with Crippen LogP contribution in [0.2, 0.25) is 0 Å². The standard InChI is InChI=1S/C9H13NOS/c1-3-8-6-10-9(12-8)5-4-7(2)11/h4-7,11H,3H2,1-2H3/b5-4+. The van der Waals surface area contributed by atoms with Crippen LogP contribution in [0.4, 0.5) is 0 Å². The van der Waals surface area contributed by atoms with Gasteiger partial charge in [0, 0.05) is 11.1 Å². The van der Waals surface area contributed by atoms with Crippen molar-refractivity contribution in [1.82, 2.24) is 4.98 Å². The zero-order chi connectivity index (χ0) is 8.97. The van der Waals surface area contributed by atoms with Crippen LogP contribution in [0.15, 0.2) is 12.3 Å². The predicted octanol–water partition coefficient (Wildman–Crippen LogP) is 2.10. The number of aryl methyl sites for hydroxylation is 1. The summed E-state index contributed by atoms with van der Waals surface area (Å²) in [6.07, 6.45) is 6.11. The van der Waals surface area contributed by atoms with Gasteiger partial charge < -0.3 is 5.11 Å². The minimum atomic E-state index is -0.390. The quantitative estimate of drug-likeness (QED) is 0.778. The number of nitrogens with zero attached hydrogens (tertiary/aromatic N) is 1. The molecule has 0 spiro atoms. The van der Waals surface area contributed by atoms with Gasteiger partial charge in [-0.1, -0.05) is 13.0 Å². The summed E-state index contributed by atoms with van der Waals surface area (Å²) in [5, 5.41) is 9.93. The first kappa shape index (κ1) is 9.42. The lowest BCUT2D eigenvalue weighted by Crippen LogP contribution is -1.90. The molecule has 1 N–H and O–H groups in total. The topological polar surface area (TPSA) is 33.1 Å². The third kappa shape index (κ3) is 2.75. The van der Waals surface area contributed by atoms with Crippen LogP contribution in [-0.2, 0) is 6.42 Å². The van der Waals surface area contributed by atoms with Crippen molar-refractivity contribution in [2.24, 2.45) is 0 Å². The first-order chi connectivity index (χ1) is 5.72. The van der Waals surface area contributed by atoms with Crippen molar-refractivity contribution in [2.45, 2.75) is 26.4 Å². The van der Waals surface area contributed by atoms with Crippen molar-refractivity contribution >= 4 is 17.4 Å². The van der Waals surface area contributed by atoms with Crippen LogP contribution in [0.5, 0.6) is 0 Å². The fourth-order valence-corrected chi connectivity index (χ4v) is 1.56. The fourth-order valence-electron chi connectivity index (χ4n) is 0.785. The second kappa shape index (κ2) is 4.38. The number of aromatic nitrogens is 1. The van der Waals surface area contributed by atoms with Crippen molar-refractivity contribution in [3.05, 3.63) is 22.2 Å². The fraction of sp³-hybridized carbons (Fsp3) is 0.444. The Bertz CT molecular complexity index is 265. The Morgan fingerprint density at radius 1 is 1.75 bits per heavy atom. The van der Waals surface area contributed by atoms with Crippen molar-refractivity contribution in [3.8, 4) is 0 Å². The number of rotatable bonds is 3. The molecule has 1 rings (SSSR count). The molecule has 1 aromatic heterocycles. The largest absolute Gasteiger partial charge is 0.389 e. The van der Waals surface area contributed by atoms with Crippen molar-refractivity contribution in [3.63, 3.8) is 0 Å². The van der Waals surface area contributed by atoms with E-state index in [1.807, 2.05) is 12.3 Å². The number of hydrogen-bond donors (Lipinski definition) is 1. The predicted molar refractivity (Wildman–Crippen MR) is 52.2 cm³/mol. The lowest BCUT2D eigenvalue weighted by molar-refractivity contribution is 0.245. The second-order valence-corrected chi connectivity index (χ2v) is 3.76. The minimum absolute atomic E-state index is 0.390. The normalized spacial score (nSPS) is 13.9. The maximum absolute atomic E-state index is 8.97. The molecule has 0 saturated heterocycles. The lowest BCUT2D eigenvalue weighted by Gasteiger charge is -1.90. The molecule has 0 aromatic carbocycles. The van der Waals surface area contributed by atoms with Crippen LogP contribution >= 0.6 is 11.3 Å². The van der Waals surface area contributed by atoms with Crippen molar-refractivity contribution in [2.75, 3.05) is 0 Å². The Labute approximate surface area is 76.6 Å². The summed E-state index contributed by atoms with van der Waals surface area (Å²) < 4.78 is 0. The highest BCUT2D eigenvalue weighted by atomic mass is 32.1. The van der Waals surface area contributed by atoms with Crippen molar-refractivity contribution < 1.29 is 5.11 Å². The third-order valence-corrected chi connectivity index (χ3v) is 2.54. The van der Waals surface area contributed by atoms with Gasteiger partial charge in [0.1, 0.15) is 5.01 Å². The van der Waals surface area contributed by atoms with E-state index in [1.165, 1.54) is 4.88 Å². The van der Waals surface area contributed by atoms with Gasteiger partial charge in [-0.15, -0.1) is 11.3 Å². The van der Waals surface area contributed by atoms with E-state index in [-0.39, 0.29) is 6.10 Å². The highest BCUT2D eigenvalue weighted by Gasteiger charge is 1.95. The molecule has 0 bridgehead atoms. The highest BCUT2D eigenvalue weighted by molar-refractivity contribution is 7.12. The van der Waals surface area contributed by atoms with E-state index in [1.54, 1.807) is 24.3 Å². The van der Waals surface area contributed by atoms with E-state index in [4.69, 9.17) is 5.11 Å². The van der Waals surface area contributed by atoms with Gasteiger partial charge >= 0.3 is 0 Å². The Morgan fingerprint density at radius 2 is 2.50 bits per heavy atom. The molecule has 12 heavy (non-hydrogen) atoms. The molecular weight excluding hydrogens is 170 g/mol. The number of aliphatic hydroxyl groups is 1. The smallest absolute Gasteiger partial charge is 0.116 e. The Balaban J connectivity index is 2.63. The molecule has 66 valence electrons. The van der Waals surface area contributed by atoms with Crippen LogP contribution in [0.3, 0.4) is 0 Å². The van der Waals surface area contributed by atoms with E-state index in [9.17, 15) is 0 Å². The maximum atomic E-state index is 8.97. The molecule has 3 heteroatoms. The molecule has 0 aliphatic heterocycles. The monoisotopic (exact) mass is 183 g/mol. The van der Waals surface area contributed by atoms with Crippen LogP contribution in [-0.4, -0.2) is 16.2 Å². The van der Waals surface area contributed by atoms with Crippen LogP contribution < -0.4 is 0 Å². The lowest BCUT2D eigenvalue weighted by atomic mass is 10.4. The molecule has 1 atom stereocenters. The average molecular weight is 183 g/mol. The van der Waals surface area contributed by atoms with Gasteiger partial charge in [0.25, 0.3) is 0 Å². The Kier molecular flexibility index (Phi) is 3.44. The third-order valence-electron chi connectivity index (χ3n) is 1.44. The summed E-state index contributed by atoms with van der Waals surface area (Å²) in [6, 6.07) is 0. The van der Waals surface area contributed by atoms with E-state index in [0.29, 0.717) is 0 Å². The van der Waals surface area contributed by atoms with Gasteiger partial charge in [-0.05, 0) is 19.4 Å². The van der Waals surface area contributed by atoms with Gasteiger partial charge in [-0.2, -0.15) is 0 Å². The van der Waals surface area contributed by atoms with E-state index in [2.05, 4.69) is 11.9 Å². The molecule has 2 nitrogen and oxygen atoms in total. The summed E-state index contributed by atoms with van der Waals surface area (Å²) in [6.45, 7) is 3.83. The molecule has 0 aliphatic rings. The van der Waals surface area contributed by atoms with Gasteiger partial charge in [0.05, 0.1) is 6.10 Å². The summed E-state index contributed by atoms with van der Waals surface area (Å²) in [5.74, 6) is 0.